The summed E-state index contributed by atoms with van der Waals surface area (Å²) in [5, 5.41) is 13.8. The highest BCUT2D eigenvalue weighted by atomic mass is 32.2. The van der Waals surface area contributed by atoms with Gasteiger partial charge in [0.15, 0.2) is 0 Å². The van der Waals surface area contributed by atoms with Gasteiger partial charge in [0.05, 0.1) is 10.7 Å². The molecule has 0 amide bonds. The molecule has 0 aliphatic heterocycles. The van der Waals surface area contributed by atoms with Gasteiger partial charge in [-0.25, -0.2) is 9.18 Å². The number of hydrogen-bond acceptors (Lipinski definition) is 3. The number of nitrogens with zero attached hydrogens (tertiary/aromatic N) is 2. The summed E-state index contributed by atoms with van der Waals surface area (Å²) in [4.78, 5) is 10.4. The molecule has 0 saturated carbocycles. The first-order valence-corrected chi connectivity index (χ1v) is 7.27. The predicted molar refractivity (Wildman–Crippen MR) is 80.6 cm³/mol. The van der Waals surface area contributed by atoms with Crippen molar-refractivity contribution >= 4 is 23.8 Å². The molecule has 0 unspecified atom stereocenters. The van der Waals surface area contributed by atoms with E-state index >= 15 is 0 Å². The largest absolute Gasteiger partial charge is 0.478 e. The minimum Gasteiger partial charge on any atom is -0.478 e. The Labute approximate surface area is 126 Å². The van der Waals surface area contributed by atoms with Crippen molar-refractivity contribution in [2.45, 2.75) is 17.7 Å². The highest BCUT2D eigenvalue weighted by molar-refractivity contribution is 7.98. The highest BCUT2D eigenvalue weighted by Gasteiger charge is 2.07. The van der Waals surface area contributed by atoms with Gasteiger partial charge in [-0.3, -0.25) is 4.68 Å². The van der Waals surface area contributed by atoms with Gasteiger partial charge in [0.1, 0.15) is 5.82 Å². The number of thioether (sulfide) groups is 1. The second-order valence-corrected chi connectivity index (χ2v) is 5.55. The Morgan fingerprint density at radius 2 is 2.24 bits per heavy atom. The summed E-state index contributed by atoms with van der Waals surface area (Å²) < 4.78 is 15.7. The monoisotopic (exact) mass is 306 g/mol. The molecule has 0 aliphatic rings. The number of carboxylic acids is 1. The van der Waals surface area contributed by atoms with Crippen LogP contribution >= 0.6 is 11.8 Å². The molecule has 4 nitrogen and oxygen atoms in total. The number of carboxylic acid groups (broad SMARTS) is 1. The van der Waals surface area contributed by atoms with Crippen LogP contribution in [0, 0.1) is 12.7 Å². The van der Waals surface area contributed by atoms with E-state index in [9.17, 15) is 9.18 Å². The molecular formula is C15H15FN2O2S. The van der Waals surface area contributed by atoms with E-state index in [1.54, 1.807) is 16.8 Å². The van der Waals surface area contributed by atoms with E-state index in [0.717, 1.165) is 16.8 Å². The summed E-state index contributed by atoms with van der Waals surface area (Å²) in [6.45, 7) is 1.91. The van der Waals surface area contributed by atoms with Crippen LogP contribution in [0.1, 0.15) is 16.8 Å². The maximum atomic E-state index is 14.0. The van der Waals surface area contributed by atoms with Crippen LogP contribution in [0.25, 0.3) is 6.08 Å². The molecule has 1 N–H and O–H groups in total. The molecule has 0 saturated heterocycles. The highest BCUT2D eigenvalue weighted by Crippen LogP contribution is 2.25. The van der Waals surface area contributed by atoms with Crippen LogP contribution < -0.4 is 0 Å². The summed E-state index contributed by atoms with van der Waals surface area (Å²) in [7, 11) is 1.85. The third kappa shape index (κ3) is 4.19. The summed E-state index contributed by atoms with van der Waals surface area (Å²) in [5.74, 6) is -0.899. The third-order valence-electron chi connectivity index (χ3n) is 2.83. The topological polar surface area (TPSA) is 55.1 Å². The van der Waals surface area contributed by atoms with Crippen LogP contribution in [0.15, 0.2) is 35.4 Å². The number of carbonyl (C=O) groups is 1. The van der Waals surface area contributed by atoms with E-state index in [1.807, 2.05) is 20.0 Å². The van der Waals surface area contributed by atoms with Gasteiger partial charge < -0.3 is 5.11 Å². The van der Waals surface area contributed by atoms with Crippen molar-refractivity contribution in [2.24, 2.45) is 7.05 Å². The van der Waals surface area contributed by atoms with Crippen LogP contribution in [-0.2, 0) is 17.6 Å². The molecule has 1 heterocycles. The molecule has 0 fully saturated rings. The summed E-state index contributed by atoms with van der Waals surface area (Å²) in [6.07, 6.45) is 2.36. The number of rotatable bonds is 5. The van der Waals surface area contributed by atoms with Crippen molar-refractivity contribution in [3.63, 3.8) is 0 Å². The molecule has 21 heavy (non-hydrogen) atoms. The van der Waals surface area contributed by atoms with Crippen molar-refractivity contribution in [3.8, 4) is 0 Å². The Kier molecular flexibility index (Phi) is 4.80. The van der Waals surface area contributed by atoms with Crippen molar-refractivity contribution in [1.82, 2.24) is 9.78 Å². The normalized spacial score (nSPS) is 11.2. The van der Waals surface area contributed by atoms with E-state index in [0.29, 0.717) is 16.9 Å². The molecule has 110 valence electrons. The number of aliphatic carboxylic acids is 1. The number of halogens is 1. The van der Waals surface area contributed by atoms with Crippen LogP contribution in [0.2, 0.25) is 0 Å². The standard InChI is InChI=1S/C15H15FN2O2S/c1-10-7-14(18(2)17-10)21-9-12-5-3-11(8-13(12)16)4-6-15(19)20/h3-8H,9H2,1-2H3,(H,19,20). The number of aromatic nitrogens is 2. The second kappa shape index (κ2) is 6.58. The Bertz CT molecular complexity index is 695. The molecule has 0 atom stereocenters. The lowest BCUT2D eigenvalue weighted by Crippen LogP contribution is -1.94. The molecule has 0 bridgehead atoms. The van der Waals surface area contributed by atoms with Gasteiger partial charge in [0.25, 0.3) is 0 Å². The van der Waals surface area contributed by atoms with Crippen LogP contribution in [0.3, 0.4) is 0 Å². The van der Waals surface area contributed by atoms with Gasteiger partial charge in [-0.05, 0) is 36.3 Å². The lowest BCUT2D eigenvalue weighted by molar-refractivity contribution is -0.131. The van der Waals surface area contributed by atoms with Crippen molar-refractivity contribution in [2.75, 3.05) is 0 Å². The van der Waals surface area contributed by atoms with Gasteiger partial charge in [-0.15, -0.1) is 11.8 Å². The lowest BCUT2D eigenvalue weighted by atomic mass is 10.1. The maximum absolute atomic E-state index is 14.0. The Balaban J connectivity index is 2.07. The van der Waals surface area contributed by atoms with Crippen molar-refractivity contribution in [3.05, 3.63) is 53.0 Å². The Hall–Kier alpha value is -2.08. The molecule has 1 aromatic carbocycles. The minimum absolute atomic E-state index is 0.339. The SMILES string of the molecule is Cc1cc(SCc2ccc(C=CC(=O)O)cc2F)n(C)n1. The van der Waals surface area contributed by atoms with Gasteiger partial charge in [0.2, 0.25) is 0 Å². The molecule has 0 radical (unpaired) electrons. The molecule has 0 spiro atoms. The molecule has 1 aromatic heterocycles. The maximum Gasteiger partial charge on any atom is 0.328 e. The lowest BCUT2D eigenvalue weighted by Gasteiger charge is -2.04. The number of aryl methyl sites for hydroxylation is 2. The van der Waals surface area contributed by atoms with E-state index in [-0.39, 0.29) is 5.82 Å². The number of hydrogen-bond donors (Lipinski definition) is 1. The van der Waals surface area contributed by atoms with E-state index in [2.05, 4.69) is 5.10 Å². The zero-order chi connectivity index (χ0) is 15.4. The van der Waals surface area contributed by atoms with Crippen LogP contribution in [-0.4, -0.2) is 20.9 Å². The first kappa shape index (κ1) is 15.3. The second-order valence-electron chi connectivity index (χ2n) is 4.56. The van der Waals surface area contributed by atoms with E-state index in [1.165, 1.54) is 23.9 Å². The van der Waals surface area contributed by atoms with Gasteiger partial charge in [-0.2, -0.15) is 5.10 Å². The van der Waals surface area contributed by atoms with E-state index in [4.69, 9.17) is 5.11 Å². The van der Waals surface area contributed by atoms with Gasteiger partial charge in [-0.1, -0.05) is 12.1 Å². The summed E-state index contributed by atoms with van der Waals surface area (Å²) in [6, 6.07) is 6.66. The first-order chi connectivity index (χ1) is 9.95. The zero-order valence-corrected chi connectivity index (χ0v) is 12.5. The molecule has 2 aromatic rings. The van der Waals surface area contributed by atoms with Crippen LogP contribution in [0.5, 0.6) is 0 Å². The van der Waals surface area contributed by atoms with Gasteiger partial charge in [0, 0.05) is 18.9 Å². The first-order valence-electron chi connectivity index (χ1n) is 6.28. The molecular weight excluding hydrogens is 291 g/mol. The summed E-state index contributed by atoms with van der Waals surface area (Å²) in [5.41, 5.74) is 2.03. The molecule has 6 heteroatoms. The minimum atomic E-state index is -1.05. The fraction of sp³-hybridized carbons (Fsp3) is 0.200. The van der Waals surface area contributed by atoms with Crippen LogP contribution in [0.4, 0.5) is 4.39 Å². The number of benzene rings is 1. The summed E-state index contributed by atoms with van der Waals surface area (Å²) >= 11 is 1.51. The average Bonchev–Trinajstić information content (AvgIpc) is 2.73. The molecule has 2 rings (SSSR count). The zero-order valence-electron chi connectivity index (χ0n) is 11.7. The fourth-order valence-corrected chi connectivity index (χ4v) is 2.84. The predicted octanol–water partition coefficient (Wildman–Crippen LogP) is 3.26. The van der Waals surface area contributed by atoms with Crippen molar-refractivity contribution in [1.29, 1.82) is 0 Å². The average molecular weight is 306 g/mol. The third-order valence-corrected chi connectivity index (χ3v) is 3.96. The van der Waals surface area contributed by atoms with Crippen molar-refractivity contribution < 1.29 is 14.3 Å². The van der Waals surface area contributed by atoms with Gasteiger partial charge >= 0.3 is 5.97 Å². The van der Waals surface area contributed by atoms with E-state index < -0.39 is 5.97 Å². The Morgan fingerprint density at radius 1 is 1.48 bits per heavy atom. The molecule has 0 aliphatic carbocycles. The Morgan fingerprint density at radius 3 is 2.81 bits per heavy atom. The quantitative estimate of drug-likeness (QED) is 0.680. The smallest absolute Gasteiger partial charge is 0.328 e. The fourth-order valence-electron chi connectivity index (χ4n) is 1.83.